The molecule has 1 aromatic heterocycles. The molecule has 124 valence electrons. The molecule has 23 heavy (non-hydrogen) atoms. The van der Waals surface area contributed by atoms with Gasteiger partial charge in [0.15, 0.2) is 0 Å². The summed E-state index contributed by atoms with van der Waals surface area (Å²) in [5, 5.41) is 0. The molecule has 0 aliphatic carbocycles. The first-order chi connectivity index (χ1) is 10.6. The van der Waals surface area contributed by atoms with Gasteiger partial charge in [-0.05, 0) is 47.1 Å². The van der Waals surface area contributed by atoms with Gasteiger partial charge in [0.2, 0.25) is 5.76 Å². The van der Waals surface area contributed by atoms with Crippen molar-refractivity contribution in [1.82, 2.24) is 0 Å². The monoisotopic (exact) mass is 410 g/mol. The predicted octanol–water partition coefficient (Wildman–Crippen LogP) is 4.62. The Morgan fingerprint density at radius 3 is 2.26 bits per heavy atom. The molecule has 1 aromatic carbocycles. The van der Waals surface area contributed by atoms with E-state index in [-0.39, 0.29) is 10.7 Å². The van der Waals surface area contributed by atoms with Gasteiger partial charge in [-0.25, -0.2) is 0 Å². The lowest BCUT2D eigenvalue weighted by Crippen LogP contribution is -2.19. The summed E-state index contributed by atoms with van der Waals surface area (Å²) in [5.74, 6) is -1.93. The van der Waals surface area contributed by atoms with Gasteiger partial charge in [0.05, 0.1) is 6.26 Å². The molecule has 4 nitrogen and oxygen atoms in total. The minimum Gasteiger partial charge on any atom is -0.464 e. The number of hydrogen-bond acceptors (Lipinski definition) is 4. The van der Waals surface area contributed by atoms with E-state index >= 15 is 0 Å². The number of benzene rings is 1. The van der Waals surface area contributed by atoms with Gasteiger partial charge in [-0.15, -0.1) is 0 Å². The van der Waals surface area contributed by atoms with Crippen LogP contribution in [0.5, 0.6) is 0 Å². The van der Waals surface area contributed by atoms with Crippen LogP contribution in [0.2, 0.25) is 0 Å². The smallest absolute Gasteiger partial charge is 0.452 e. The first kappa shape index (κ1) is 17.6. The topological polar surface area (TPSA) is 56.5 Å². The average molecular weight is 411 g/mol. The van der Waals surface area contributed by atoms with Gasteiger partial charge in [-0.3, -0.25) is 0 Å². The molecule has 2 rings (SSSR count). The zero-order valence-corrected chi connectivity index (χ0v) is 14.0. The van der Waals surface area contributed by atoms with Gasteiger partial charge in [-0.2, -0.15) is 21.6 Å². The highest BCUT2D eigenvalue weighted by atomic mass is 79.9. The second kappa shape index (κ2) is 6.40. The van der Waals surface area contributed by atoms with Crippen LogP contribution in [-0.4, -0.2) is 14.6 Å². The zero-order chi connectivity index (χ0) is 17.3. The van der Waals surface area contributed by atoms with Crippen molar-refractivity contribution in [2.45, 2.75) is 18.0 Å². The Labute approximate surface area is 138 Å². The molecule has 0 N–H and O–H groups in total. The Morgan fingerprint density at radius 2 is 1.78 bits per heavy atom. The van der Waals surface area contributed by atoms with Crippen LogP contribution >= 0.6 is 15.9 Å². The molecular formula is C14H10BrF3O4S. The molecule has 1 heterocycles. The molecular weight excluding hydrogens is 401 g/mol. The highest BCUT2D eigenvalue weighted by Crippen LogP contribution is 2.38. The summed E-state index contributed by atoms with van der Waals surface area (Å²) in [6, 6.07) is 7.83. The highest BCUT2D eigenvalue weighted by Gasteiger charge is 2.42. The lowest BCUT2D eigenvalue weighted by atomic mass is 10.2. The van der Waals surface area contributed by atoms with Gasteiger partial charge in [0, 0.05) is 0 Å². The van der Waals surface area contributed by atoms with E-state index < -0.39 is 26.5 Å². The van der Waals surface area contributed by atoms with E-state index in [4.69, 9.17) is 4.42 Å². The molecule has 0 radical (unpaired) electrons. The minimum atomic E-state index is -5.04. The van der Waals surface area contributed by atoms with Gasteiger partial charge < -0.3 is 8.60 Å². The fourth-order valence-corrected chi connectivity index (χ4v) is 3.19. The Balaban J connectivity index is 2.47. The number of rotatable bonds is 4. The summed E-state index contributed by atoms with van der Waals surface area (Å²) in [6.07, 6.45) is -3.89. The SMILES string of the molecule is Cc1ccc(S(=O)(=O)O/C(=C(\Br)c2ccco2)C(F)(F)F)cc1. The van der Waals surface area contributed by atoms with E-state index in [0.717, 1.165) is 11.8 Å². The summed E-state index contributed by atoms with van der Waals surface area (Å²) >= 11 is 2.68. The van der Waals surface area contributed by atoms with Crippen LogP contribution in [0.1, 0.15) is 11.3 Å². The first-order valence-electron chi connectivity index (χ1n) is 6.13. The molecule has 0 bridgehead atoms. The van der Waals surface area contributed by atoms with Crippen LogP contribution in [0.15, 0.2) is 57.7 Å². The Bertz CT molecular complexity index is 807. The molecule has 0 amide bonds. The van der Waals surface area contributed by atoms with Crippen molar-refractivity contribution in [3.8, 4) is 0 Å². The number of furan rings is 1. The van der Waals surface area contributed by atoms with Gasteiger partial charge in [0.1, 0.15) is 15.1 Å². The van der Waals surface area contributed by atoms with Crippen molar-refractivity contribution in [1.29, 1.82) is 0 Å². The van der Waals surface area contributed by atoms with E-state index in [1.165, 1.54) is 36.4 Å². The van der Waals surface area contributed by atoms with E-state index in [9.17, 15) is 21.6 Å². The fourth-order valence-electron chi connectivity index (χ4n) is 1.59. The largest absolute Gasteiger partial charge is 0.464 e. The maximum atomic E-state index is 13.2. The Kier molecular flexibility index (Phi) is 4.90. The van der Waals surface area contributed by atoms with Crippen molar-refractivity contribution in [2.24, 2.45) is 0 Å². The van der Waals surface area contributed by atoms with Gasteiger partial charge in [-0.1, -0.05) is 17.7 Å². The molecule has 0 fully saturated rings. The normalized spacial score (nSPS) is 13.6. The van der Waals surface area contributed by atoms with E-state index in [1.54, 1.807) is 6.92 Å². The molecule has 0 saturated carbocycles. The van der Waals surface area contributed by atoms with E-state index in [2.05, 4.69) is 20.1 Å². The van der Waals surface area contributed by atoms with Crippen molar-refractivity contribution >= 4 is 30.5 Å². The zero-order valence-electron chi connectivity index (χ0n) is 11.6. The summed E-state index contributed by atoms with van der Waals surface area (Å²) < 4.78 is 72.1. The standard InChI is InChI=1S/C14H10BrF3O4S/c1-9-4-6-10(7-5-9)23(19,20)22-13(14(16,17)18)12(15)11-3-2-8-21-11/h2-8H,1H3/b13-12-. The molecule has 0 atom stereocenters. The first-order valence-corrected chi connectivity index (χ1v) is 8.33. The summed E-state index contributed by atoms with van der Waals surface area (Å²) in [7, 11) is -4.65. The van der Waals surface area contributed by atoms with Crippen LogP contribution in [0, 0.1) is 6.92 Å². The number of allylic oxidation sites excluding steroid dienone is 1. The highest BCUT2D eigenvalue weighted by molar-refractivity contribution is 9.15. The summed E-state index contributed by atoms with van der Waals surface area (Å²) in [6.45, 7) is 1.71. The molecule has 0 unspecified atom stereocenters. The maximum Gasteiger partial charge on any atom is 0.452 e. The van der Waals surface area contributed by atoms with Gasteiger partial charge >= 0.3 is 16.3 Å². The lowest BCUT2D eigenvalue weighted by Gasteiger charge is -2.15. The van der Waals surface area contributed by atoms with Crippen molar-refractivity contribution in [3.63, 3.8) is 0 Å². The van der Waals surface area contributed by atoms with Crippen LogP contribution in [0.4, 0.5) is 13.2 Å². The van der Waals surface area contributed by atoms with Crippen molar-refractivity contribution in [2.75, 3.05) is 0 Å². The quantitative estimate of drug-likeness (QED) is 0.544. The fraction of sp³-hybridized carbons (Fsp3) is 0.143. The van der Waals surface area contributed by atoms with Crippen molar-refractivity contribution < 1.29 is 30.2 Å². The van der Waals surface area contributed by atoms with E-state index in [1.807, 2.05) is 0 Å². The van der Waals surface area contributed by atoms with Crippen molar-refractivity contribution in [3.05, 3.63) is 59.7 Å². The third-order valence-electron chi connectivity index (χ3n) is 2.70. The van der Waals surface area contributed by atoms with Crippen LogP contribution in [0.3, 0.4) is 0 Å². The number of hydrogen-bond donors (Lipinski definition) is 0. The summed E-state index contributed by atoms with van der Waals surface area (Å²) in [4.78, 5) is -0.385. The number of alkyl halides is 3. The molecule has 9 heteroatoms. The summed E-state index contributed by atoms with van der Waals surface area (Å²) in [5.41, 5.74) is 0.757. The molecule has 0 spiro atoms. The Hall–Kier alpha value is -1.74. The van der Waals surface area contributed by atoms with E-state index in [0.29, 0.717) is 0 Å². The third kappa shape index (κ3) is 4.17. The third-order valence-corrected chi connectivity index (χ3v) is 4.68. The number of halogens is 4. The average Bonchev–Trinajstić information content (AvgIpc) is 2.97. The van der Waals surface area contributed by atoms with Crippen LogP contribution in [0.25, 0.3) is 4.48 Å². The molecule has 2 aromatic rings. The molecule has 0 aliphatic rings. The maximum absolute atomic E-state index is 13.2. The van der Waals surface area contributed by atoms with Crippen LogP contribution in [-0.2, 0) is 14.3 Å². The molecule has 0 aliphatic heterocycles. The number of aryl methyl sites for hydroxylation is 1. The second-order valence-corrected chi connectivity index (χ2v) is 6.81. The second-order valence-electron chi connectivity index (χ2n) is 4.47. The van der Waals surface area contributed by atoms with Gasteiger partial charge in [0.25, 0.3) is 0 Å². The Morgan fingerprint density at radius 1 is 1.17 bits per heavy atom. The predicted molar refractivity (Wildman–Crippen MR) is 80.1 cm³/mol. The van der Waals surface area contributed by atoms with Crippen LogP contribution < -0.4 is 0 Å². The minimum absolute atomic E-state index is 0.212. The lowest BCUT2D eigenvalue weighted by molar-refractivity contribution is -0.114. The molecule has 0 saturated heterocycles.